The topological polar surface area (TPSA) is 40.5 Å². The van der Waals surface area contributed by atoms with E-state index in [1.165, 1.54) is 56.1 Å². The molecule has 0 aliphatic rings. The first-order chi connectivity index (χ1) is 17.7. The predicted molar refractivity (Wildman–Crippen MR) is 171 cm³/mol. The molecule has 0 amide bonds. The molecule has 0 aliphatic carbocycles. The van der Waals surface area contributed by atoms with Gasteiger partial charge in [0.15, 0.2) is 0 Å². The van der Waals surface area contributed by atoms with Crippen LogP contribution in [0.25, 0.3) is 0 Å². The maximum atomic E-state index is 11.0. The Bertz CT molecular complexity index is 921. The van der Waals surface area contributed by atoms with Gasteiger partial charge in [-0.15, -0.1) is 0 Å². The Morgan fingerprint density at radius 3 is 0.795 bits per heavy atom. The molecule has 0 atom stereocenters. The molecule has 2 rings (SSSR count). The molecule has 220 valence electrons. The Morgan fingerprint density at radius 2 is 0.590 bits per heavy atom. The van der Waals surface area contributed by atoms with Gasteiger partial charge in [-0.3, -0.25) is 0 Å². The summed E-state index contributed by atoms with van der Waals surface area (Å²) in [6.45, 7) is 26.2. The van der Waals surface area contributed by atoms with Gasteiger partial charge < -0.3 is 10.2 Å². The lowest BCUT2D eigenvalue weighted by Crippen LogP contribution is -2.18. The summed E-state index contributed by atoms with van der Waals surface area (Å²) in [5.74, 6) is 0.964. The second kappa shape index (κ2) is 12.7. The van der Waals surface area contributed by atoms with Crippen molar-refractivity contribution < 1.29 is 10.2 Å². The fourth-order valence-electron chi connectivity index (χ4n) is 5.51. The Kier molecular flexibility index (Phi) is 10.8. The van der Waals surface area contributed by atoms with Gasteiger partial charge >= 0.3 is 0 Å². The quantitative estimate of drug-likeness (QED) is 0.296. The number of phenols is 2. The molecule has 0 fully saturated rings. The summed E-state index contributed by atoms with van der Waals surface area (Å²) in [4.78, 5) is 0. The number of hydrogen-bond donors (Lipinski definition) is 2. The Morgan fingerprint density at radius 1 is 0.385 bits per heavy atom. The lowest BCUT2D eigenvalue weighted by atomic mass is 9.78. The van der Waals surface area contributed by atoms with Gasteiger partial charge in [0, 0.05) is 0 Å². The maximum Gasteiger partial charge on any atom is 0.123 e. The summed E-state index contributed by atoms with van der Waals surface area (Å²) in [7, 11) is 0. The third-order valence-electron chi connectivity index (χ3n) is 8.00. The van der Waals surface area contributed by atoms with Crippen molar-refractivity contribution >= 4 is 0 Å². The molecular formula is C37H60O2. The number of hydrogen-bond acceptors (Lipinski definition) is 2. The number of unbranched alkanes of at least 4 members (excludes halogenated alkanes) is 6. The van der Waals surface area contributed by atoms with Crippen LogP contribution in [0.5, 0.6) is 11.5 Å². The zero-order chi connectivity index (χ0) is 29.8. The number of phenolic OH excluding ortho intramolecular Hbond substituents is 2. The number of rotatable bonds is 10. The Hall–Kier alpha value is -1.96. The molecule has 0 bridgehead atoms. The van der Waals surface area contributed by atoms with Crippen molar-refractivity contribution in [2.75, 3.05) is 0 Å². The van der Waals surface area contributed by atoms with E-state index in [1.807, 2.05) is 0 Å². The molecule has 0 heterocycles. The smallest absolute Gasteiger partial charge is 0.123 e. The molecule has 0 spiro atoms. The fourth-order valence-corrected chi connectivity index (χ4v) is 5.51. The molecule has 2 heteroatoms. The molecule has 2 aromatic carbocycles. The van der Waals surface area contributed by atoms with E-state index in [1.54, 1.807) is 0 Å². The fraction of sp³-hybridized carbons (Fsp3) is 0.676. The molecule has 0 saturated carbocycles. The predicted octanol–water partition coefficient (Wildman–Crippen LogP) is 10.8. The van der Waals surface area contributed by atoms with Crippen LogP contribution in [-0.4, -0.2) is 10.2 Å². The molecule has 0 radical (unpaired) electrons. The summed E-state index contributed by atoms with van der Waals surface area (Å²) in [6.07, 6.45) is 11.0. The molecule has 0 aromatic heterocycles. The van der Waals surface area contributed by atoms with Crippen molar-refractivity contribution in [1.82, 2.24) is 0 Å². The zero-order valence-electron chi connectivity index (χ0n) is 27.6. The highest BCUT2D eigenvalue weighted by atomic mass is 16.3. The van der Waals surface area contributed by atoms with Gasteiger partial charge in [0.2, 0.25) is 0 Å². The molecule has 2 nitrogen and oxygen atoms in total. The van der Waals surface area contributed by atoms with Crippen molar-refractivity contribution in [3.05, 3.63) is 57.6 Å². The molecule has 2 aromatic rings. The van der Waals surface area contributed by atoms with Crippen LogP contribution in [-0.2, 0) is 34.5 Å². The van der Waals surface area contributed by atoms with Gasteiger partial charge in [-0.2, -0.15) is 0 Å². The highest BCUT2D eigenvalue weighted by Crippen LogP contribution is 2.41. The van der Waals surface area contributed by atoms with Crippen LogP contribution in [0, 0.1) is 0 Å². The minimum atomic E-state index is -0.0666. The standard InChI is InChI=1S/C37H60O2/c1-34(2,3)28-22-26(23-29(32(28)38)35(4,5)6)20-18-16-14-13-15-17-19-21-27-24-30(36(7,8)9)33(39)31(25-27)37(10,11)12/h22-25,38-39H,13-21H2,1-12H3. The Balaban J connectivity index is 1.84. The van der Waals surface area contributed by atoms with Gasteiger partial charge in [-0.1, -0.05) is 139 Å². The first-order valence-corrected chi connectivity index (χ1v) is 15.5. The van der Waals surface area contributed by atoms with E-state index >= 15 is 0 Å². The molecule has 0 saturated heterocycles. The van der Waals surface area contributed by atoms with Crippen molar-refractivity contribution in [3.8, 4) is 11.5 Å². The highest BCUT2D eigenvalue weighted by Gasteiger charge is 2.27. The molecule has 2 N–H and O–H groups in total. The summed E-state index contributed by atoms with van der Waals surface area (Å²) >= 11 is 0. The zero-order valence-corrected chi connectivity index (χ0v) is 27.6. The minimum absolute atomic E-state index is 0.0666. The van der Waals surface area contributed by atoms with E-state index in [-0.39, 0.29) is 21.7 Å². The summed E-state index contributed by atoms with van der Waals surface area (Å²) in [5.41, 5.74) is 6.75. The average molecular weight is 537 g/mol. The SMILES string of the molecule is CC(C)(C)c1cc(CCCCCCCCCc2cc(C(C)(C)C)c(O)c(C(C)(C)C)c2)cc(C(C)(C)C)c1O. The number of aromatic hydroxyl groups is 2. The number of aryl methyl sites for hydroxylation is 2. The first kappa shape index (κ1) is 33.2. The van der Waals surface area contributed by atoms with E-state index in [9.17, 15) is 10.2 Å². The van der Waals surface area contributed by atoms with Gasteiger partial charge in [-0.05, 0) is 80.7 Å². The molecule has 0 unspecified atom stereocenters. The van der Waals surface area contributed by atoms with E-state index < -0.39 is 0 Å². The van der Waals surface area contributed by atoms with E-state index in [0.717, 1.165) is 35.1 Å². The summed E-state index contributed by atoms with van der Waals surface area (Å²) < 4.78 is 0. The van der Waals surface area contributed by atoms with Gasteiger partial charge in [-0.25, -0.2) is 0 Å². The van der Waals surface area contributed by atoms with Crippen LogP contribution < -0.4 is 0 Å². The molecular weight excluding hydrogens is 476 g/mol. The van der Waals surface area contributed by atoms with Crippen molar-refractivity contribution in [1.29, 1.82) is 0 Å². The van der Waals surface area contributed by atoms with Crippen LogP contribution in [0.2, 0.25) is 0 Å². The van der Waals surface area contributed by atoms with E-state index in [0.29, 0.717) is 11.5 Å². The van der Waals surface area contributed by atoms with Gasteiger partial charge in [0.05, 0.1) is 0 Å². The van der Waals surface area contributed by atoms with Crippen LogP contribution in [0.3, 0.4) is 0 Å². The van der Waals surface area contributed by atoms with E-state index in [2.05, 4.69) is 107 Å². The lowest BCUT2D eigenvalue weighted by molar-refractivity contribution is 0.421. The minimum Gasteiger partial charge on any atom is -0.507 e. The lowest BCUT2D eigenvalue weighted by Gasteiger charge is -2.28. The second-order valence-electron chi connectivity index (χ2n) is 16.1. The third-order valence-corrected chi connectivity index (χ3v) is 8.00. The second-order valence-corrected chi connectivity index (χ2v) is 16.1. The monoisotopic (exact) mass is 536 g/mol. The molecule has 0 aliphatic heterocycles. The molecule has 39 heavy (non-hydrogen) atoms. The van der Waals surface area contributed by atoms with Crippen molar-refractivity contribution in [2.45, 2.75) is 163 Å². The van der Waals surface area contributed by atoms with Gasteiger partial charge in [0.25, 0.3) is 0 Å². The van der Waals surface area contributed by atoms with Crippen LogP contribution in [0.15, 0.2) is 24.3 Å². The average Bonchev–Trinajstić information content (AvgIpc) is 2.76. The summed E-state index contributed by atoms with van der Waals surface area (Å²) in [5, 5.41) is 21.9. The van der Waals surface area contributed by atoms with Crippen LogP contribution >= 0.6 is 0 Å². The normalized spacial score (nSPS) is 13.2. The largest absolute Gasteiger partial charge is 0.507 e. The highest BCUT2D eigenvalue weighted by molar-refractivity contribution is 5.51. The number of benzene rings is 2. The van der Waals surface area contributed by atoms with Crippen molar-refractivity contribution in [2.24, 2.45) is 0 Å². The van der Waals surface area contributed by atoms with E-state index in [4.69, 9.17) is 0 Å². The van der Waals surface area contributed by atoms with Crippen LogP contribution in [0.4, 0.5) is 0 Å². The maximum absolute atomic E-state index is 11.0. The van der Waals surface area contributed by atoms with Crippen LogP contribution in [0.1, 0.15) is 161 Å². The third kappa shape index (κ3) is 9.58. The van der Waals surface area contributed by atoms with Gasteiger partial charge in [0.1, 0.15) is 11.5 Å². The Labute approximate surface area is 241 Å². The van der Waals surface area contributed by atoms with Crippen molar-refractivity contribution in [3.63, 3.8) is 0 Å². The summed E-state index contributed by atoms with van der Waals surface area (Å²) in [6, 6.07) is 8.96. The first-order valence-electron chi connectivity index (χ1n) is 15.5.